The van der Waals surface area contributed by atoms with Crippen molar-refractivity contribution in [1.29, 1.82) is 0 Å². The monoisotopic (exact) mass is 452 g/mol. The van der Waals surface area contributed by atoms with Crippen LogP contribution in [0.2, 0.25) is 0 Å². The van der Waals surface area contributed by atoms with E-state index in [4.69, 9.17) is 18.9 Å². The maximum Gasteiger partial charge on any atom is 0.330 e. The minimum Gasteiger partial charge on any atom is -0.462 e. The molecule has 0 bridgehead atoms. The summed E-state index contributed by atoms with van der Waals surface area (Å²) in [5, 5.41) is 0. The van der Waals surface area contributed by atoms with Crippen LogP contribution in [0.3, 0.4) is 0 Å². The fourth-order valence-corrected chi connectivity index (χ4v) is 3.15. The molecule has 0 spiro atoms. The number of benzene rings is 4. The molecule has 4 aromatic carbocycles. The highest BCUT2D eigenvalue weighted by Crippen LogP contribution is 2.31. The minimum absolute atomic E-state index is 0.308. The van der Waals surface area contributed by atoms with E-state index in [0.29, 0.717) is 41.8 Å². The molecule has 0 fully saturated rings. The largest absolute Gasteiger partial charge is 0.462 e. The van der Waals surface area contributed by atoms with E-state index in [-0.39, 0.29) is 0 Å². The number of ether oxygens (including phenoxy) is 4. The maximum atomic E-state index is 11.1. The van der Waals surface area contributed by atoms with E-state index >= 15 is 0 Å². The van der Waals surface area contributed by atoms with Crippen molar-refractivity contribution in [3.63, 3.8) is 0 Å². The van der Waals surface area contributed by atoms with Crippen molar-refractivity contribution in [3.8, 4) is 34.5 Å². The highest BCUT2D eigenvalue weighted by Gasteiger charge is 2.05. The van der Waals surface area contributed by atoms with Crippen LogP contribution in [0.25, 0.3) is 0 Å². The number of carbonyl (C=O) groups excluding carboxylic acids is 1. The van der Waals surface area contributed by atoms with Gasteiger partial charge >= 0.3 is 5.97 Å². The SMILES string of the molecule is C=CC(=O)OCCc1ccc(Oc2cccc(Oc3cccc(Oc4ccccc4)c3)c2)cc1. The van der Waals surface area contributed by atoms with E-state index in [1.165, 1.54) is 0 Å². The van der Waals surface area contributed by atoms with Gasteiger partial charge in [-0.15, -0.1) is 0 Å². The molecule has 34 heavy (non-hydrogen) atoms. The molecule has 0 saturated heterocycles. The lowest BCUT2D eigenvalue weighted by Crippen LogP contribution is -2.04. The van der Waals surface area contributed by atoms with Crippen molar-refractivity contribution >= 4 is 5.97 Å². The second kappa shape index (κ2) is 11.4. The molecule has 0 unspecified atom stereocenters. The van der Waals surface area contributed by atoms with Crippen molar-refractivity contribution in [3.05, 3.63) is 121 Å². The number of hydrogen-bond acceptors (Lipinski definition) is 5. The van der Waals surface area contributed by atoms with Crippen LogP contribution in [0.5, 0.6) is 34.5 Å². The molecule has 4 rings (SSSR count). The van der Waals surface area contributed by atoms with E-state index in [0.717, 1.165) is 17.4 Å². The standard InChI is InChI=1S/C29H24O5/c1-2-29(30)31-19-18-22-14-16-24(17-15-22)33-26-11-7-13-28(21-26)34-27-12-6-10-25(20-27)32-23-8-4-3-5-9-23/h2-17,20-21H,1,18-19H2. The Hall–Kier alpha value is -4.51. The molecule has 5 heteroatoms. The number of esters is 1. The summed E-state index contributed by atoms with van der Waals surface area (Å²) < 4.78 is 22.9. The van der Waals surface area contributed by atoms with Crippen molar-refractivity contribution in [1.82, 2.24) is 0 Å². The fourth-order valence-electron chi connectivity index (χ4n) is 3.15. The van der Waals surface area contributed by atoms with E-state index in [1.807, 2.05) is 103 Å². The molecule has 0 aromatic heterocycles. The Kier molecular flexibility index (Phi) is 7.59. The highest BCUT2D eigenvalue weighted by molar-refractivity contribution is 5.81. The van der Waals surface area contributed by atoms with Crippen molar-refractivity contribution in [2.75, 3.05) is 6.61 Å². The first-order valence-electron chi connectivity index (χ1n) is 10.8. The summed E-state index contributed by atoms with van der Waals surface area (Å²) in [5.74, 6) is 3.69. The molecule has 0 atom stereocenters. The topological polar surface area (TPSA) is 54.0 Å². The average Bonchev–Trinajstić information content (AvgIpc) is 2.86. The Labute approximate surface area is 198 Å². The number of para-hydroxylation sites is 1. The summed E-state index contributed by atoms with van der Waals surface area (Å²) >= 11 is 0. The van der Waals surface area contributed by atoms with E-state index in [9.17, 15) is 4.79 Å². The molecule has 0 N–H and O–H groups in total. The lowest BCUT2D eigenvalue weighted by molar-refractivity contribution is -0.137. The van der Waals surface area contributed by atoms with Crippen molar-refractivity contribution in [2.45, 2.75) is 6.42 Å². The summed E-state index contributed by atoms with van der Waals surface area (Å²) in [5.41, 5.74) is 1.04. The van der Waals surface area contributed by atoms with Gasteiger partial charge in [0.05, 0.1) is 6.61 Å². The Morgan fingerprint density at radius 2 is 1.09 bits per heavy atom. The van der Waals surface area contributed by atoms with Gasteiger partial charge in [0.1, 0.15) is 34.5 Å². The maximum absolute atomic E-state index is 11.1. The summed E-state index contributed by atoms with van der Waals surface area (Å²) in [7, 11) is 0. The minimum atomic E-state index is -0.419. The van der Waals surface area contributed by atoms with Gasteiger partial charge in [0.15, 0.2) is 0 Å². The van der Waals surface area contributed by atoms with E-state index < -0.39 is 5.97 Å². The first kappa shape index (κ1) is 22.7. The number of hydrogen-bond donors (Lipinski definition) is 0. The summed E-state index contributed by atoms with van der Waals surface area (Å²) in [6, 6.07) is 32.1. The van der Waals surface area contributed by atoms with Crippen LogP contribution < -0.4 is 14.2 Å². The molecule has 5 nitrogen and oxygen atoms in total. The number of rotatable bonds is 10. The van der Waals surface area contributed by atoms with Gasteiger partial charge in [-0.1, -0.05) is 49.0 Å². The lowest BCUT2D eigenvalue weighted by Gasteiger charge is -2.11. The van der Waals surface area contributed by atoms with Crippen LogP contribution in [-0.4, -0.2) is 12.6 Å². The molecule has 4 aromatic rings. The Bertz CT molecular complexity index is 1230. The van der Waals surface area contributed by atoms with Gasteiger partial charge < -0.3 is 18.9 Å². The summed E-state index contributed by atoms with van der Waals surface area (Å²) in [4.78, 5) is 11.1. The third-order valence-electron chi connectivity index (χ3n) is 4.79. The van der Waals surface area contributed by atoms with Crippen LogP contribution in [0.4, 0.5) is 0 Å². The van der Waals surface area contributed by atoms with Gasteiger partial charge in [0.2, 0.25) is 0 Å². The summed E-state index contributed by atoms with van der Waals surface area (Å²) in [6.07, 6.45) is 1.78. The third kappa shape index (κ3) is 6.74. The van der Waals surface area contributed by atoms with Crippen LogP contribution in [0, 0.1) is 0 Å². The van der Waals surface area contributed by atoms with Gasteiger partial charge in [0.25, 0.3) is 0 Å². The molecule has 0 heterocycles. The predicted molar refractivity (Wildman–Crippen MR) is 131 cm³/mol. The second-order valence-electron chi connectivity index (χ2n) is 7.33. The van der Waals surface area contributed by atoms with E-state index in [1.54, 1.807) is 0 Å². The van der Waals surface area contributed by atoms with Gasteiger partial charge in [-0.3, -0.25) is 0 Å². The zero-order chi connectivity index (χ0) is 23.6. The summed E-state index contributed by atoms with van der Waals surface area (Å²) in [6.45, 7) is 3.69. The molecule has 0 saturated carbocycles. The van der Waals surface area contributed by atoms with Crippen LogP contribution >= 0.6 is 0 Å². The van der Waals surface area contributed by atoms with Crippen LogP contribution in [0.1, 0.15) is 5.56 Å². The fraction of sp³-hybridized carbons (Fsp3) is 0.0690. The molecule has 0 radical (unpaired) electrons. The average molecular weight is 453 g/mol. The zero-order valence-corrected chi connectivity index (χ0v) is 18.6. The molecule has 0 aliphatic rings. The molecular formula is C29H24O5. The van der Waals surface area contributed by atoms with Crippen LogP contribution in [-0.2, 0) is 16.0 Å². The lowest BCUT2D eigenvalue weighted by atomic mass is 10.1. The quantitative estimate of drug-likeness (QED) is 0.186. The number of carbonyl (C=O) groups is 1. The van der Waals surface area contributed by atoms with Gasteiger partial charge in [-0.25, -0.2) is 4.79 Å². The van der Waals surface area contributed by atoms with Gasteiger partial charge in [-0.2, -0.15) is 0 Å². The normalized spacial score (nSPS) is 10.2. The molecule has 0 amide bonds. The van der Waals surface area contributed by atoms with E-state index in [2.05, 4.69) is 6.58 Å². The first-order valence-corrected chi connectivity index (χ1v) is 10.8. The Balaban J connectivity index is 1.35. The zero-order valence-electron chi connectivity index (χ0n) is 18.6. The second-order valence-corrected chi connectivity index (χ2v) is 7.33. The van der Waals surface area contributed by atoms with Gasteiger partial charge in [0, 0.05) is 24.6 Å². The highest BCUT2D eigenvalue weighted by atomic mass is 16.5. The Morgan fingerprint density at radius 1 is 0.618 bits per heavy atom. The molecule has 0 aliphatic heterocycles. The van der Waals surface area contributed by atoms with Gasteiger partial charge in [-0.05, 0) is 54.1 Å². The molecule has 0 aliphatic carbocycles. The molecule has 170 valence electrons. The smallest absolute Gasteiger partial charge is 0.330 e. The first-order chi connectivity index (χ1) is 16.7. The van der Waals surface area contributed by atoms with Crippen molar-refractivity contribution in [2.24, 2.45) is 0 Å². The molecular weight excluding hydrogens is 428 g/mol. The third-order valence-corrected chi connectivity index (χ3v) is 4.79. The predicted octanol–water partition coefficient (Wildman–Crippen LogP) is 7.34. The van der Waals surface area contributed by atoms with Crippen LogP contribution in [0.15, 0.2) is 116 Å². The van der Waals surface area contributed by atoms with Crippen molar-refractivity contribution < 1.29 is 23.7 Å². The Morgan fingerprint density at radius 3 is 1.62 bits per heavy atom.